The molecule has 2 heteroatoms. The summed E-state index contributed by atoms with van der Waals surface area (Å²) in [5.41, 5.74) is 4.96. The van der Waals surface area contributed by atoms with E-state index in [-0.39, 0.29) is 5.41 Å². The average molecular weight is 362 g/mol. The molecule has 0 aliphatic heterocycles. The van der Waals surface area contributed by atoms with E-state index in [0.29, 0.717) is 0 Å². The van der Waals surface area contributed by atoms with Crippen LogP contribution in [0.3, 0.4) is 0 Å². The lowest BCUT2D eigenvalue weighted by Gasteiger charge is -2.22. The Morgan fingerprint density at radius 3 is 1.54 bits per heavy atom. The van der Waals surface area contributed by atoms with E-state index in [1.165, 1.54) is 10.8 Å². The average Bonchev–Trinajstić information content (AvgIpc) is 2.73. The Kier molecular flexibility index (Phi) is 3.70. The zero-order valence-corrected chi connectivity index (χ0v) is 16.4. The van der Waals surface area contributed by atoms with E-state index in [4.69, 9.17) is 9.97 Å². The van der Waals surface area contributed by atoms with Gasteiger partial charge in [-0.1, -0.05) is 99.6 Å². The molecule has 0 saturated heterocycles. The Bertz CT molecular complexity index is 1330. The fraction of sp³-hybridized carbons (Fsp3) is 0.154. The smallest absolute Gasteiger partial charge is 0.0979 e. The van der Waals surface area contributed by atoms with Gasteiger partial charge in [0.1, 0.15) is 0 Å². The molecule has 0 N–H and O–H groups in total. The summed E-state index contributed by atoms with van der Waals surface area (Å²) in [6.07, 6.45) is 0. The summed E-state index contributed by atoms with van der Waals surface area (Å²) in [6, 6.07) is 27.4. The van der Waals surface area contributed by atoms with Crippen molar-refractivity contribution in [2.75, 3.05) is 0 Å². The number of benzene rings is 4. The van der Waals surface area contributed by atoms with Gasteiger partial charge in [-0.25, -0.2) is 9.97 Å². The van der Waals surface area contributed by atoms with Crippen LogP contribution in [0.4, 0.5) is 0 Å². The van der Waals surface area contributed by atoms with Gasteiger partial charge in [0.25, 0.3) is 0 Å². The number of aromatic nitrogens is 2. The maximum absolute atomic E-state index is 5.24. The molecule has 0 fully saturated rings. The first-order chi connectivity index (χ1) is 13.5. The number of nitrogens with zero attached hydrogens (tertiary/aromatic N) is 2. The van der Waals surface area contributed by atoms with Gasteiger partial charge in [-0.3, -0.25) is 0 Å². The van der Waals surface area contributed by atoms with Crippen LogP contribution < -0.4 is 0 Å². The van der Waals surface area contributed by atoms with Gasteiger partial charge in [0.2, 0.25) is 0 Å². The minimum Gasteiger partial charge on any atom is -0.248 e. The number of rotatable bonds is 1. The van der Waals surface area contributed by atoms with Gasteiger partial charge in [-0.2, -0.15) is 0 Å². The van der Waals surface area contributed by atoms with Gasteiger partial charge in [0, 0.05) is 21.8 Å². The van der Waals surface area contributed by atoms with Crippen LogP contribution in [0, 0.1) is 0 Å². The molecular formula is C26H22N2. The van der Waals surface area contributed by atoms with Crippen molar-refractivity contribution in [1.29, 1.82) is 0 Å². The lowest BCUT2D eigenvalue weighted by molar-refractivity contribution is 0.571. The van der Waals surface area contributed by atoms with Crippen molar-refractivity contribution >= 4 is 32.6 Å². The second-order valence-corrected chi connectivity index (χ2v) is 8.33. The second-order valence-electron chi connectivity index (χ2n) is 8.33. The summed E-state index contributed by atoms with van der Waals surface area (Å²) in [6.45, 7) is 6.62. The highest BCUT2D eigenvalue weighted by Crippen LogP contribution is 2.37. The van der Waals surface area contributed by atoms with Crippen LogP contribution >= 0.6 is 0 Å². The molecule has 0 aliphatic carbocycles. The van der Waals surface area contributed by atoms with Crippen molar-refractivity contribution in [3.8, 4) is 11.3 Å². The summed E-state index contributed by atoms with van der Waals surface area (Å²) >= 11 is 0. The first-order valence-corrected chi connectivity index (χ1v) is 9.71. The predicted molar refractivity (Wildman–Crippen MR) is 119 cm³/mol. The van der Waals surface area contributed by atoms with Gasteiger partial charge >= 0.3 is 0 Å². The maximum Gasteiger partial charge on any atom is 0.0979 e. The van der Waals surface area contributed by atoms with Crippen molar-refractivity contribution in [1.82, 2.24) is 9.97 Å². The van der Waals surface area contributed by atoms with Gasteiger partial charge < -0.3 is 0 Å². The molecule has 1 heterocycles. The molecule has 0 unspecified atom stereocenters. The standard InChI is InChI=1S/C26H22N2/c1-26(2,3)25-22(17-11-5-4-6-12-17)27-23-20-15-9-7-13-18(20)19-14-8-10-16-21(19)24(23)28-25/h4-16H,1-3H3. The largest absolute Gasteiger partial charge is 0.248 e. The number of hydrogen-bond acceptors (Lipinski definition) is 2. The van der Waals surface area contributed by atoms with Crippen molar-refractivity contribution in [2.45, 2.75) is 26.2 Å². The van der Waals surface area contributed by atoms with Gasteiger partial charge in [-0.05, 0) is 10.8 Å². The van der Waals surface area contributed by atoms with Gasteiger partial charge in [0.05, 0.1) is 22.4 Å². The lowest BCUT2D eigenvalue weighted by Crippen LogP contribution is -2.16. The first kappa shape index (κ1) is 16.9. The minimum absolute atomic E-state index is 0.112. The fourth-order valence-corrected chi connectivity index (χ4v) is 3.98. The first-order valence-electron chi connectivity index (χ1n) is 9.71. The van der Waals surface area contributed by atoms with E-state index < -0.39 is 0 Å². The van der Waals surface area contributed by atoms with Crippen molar-refractivity contribution < 1.29 is 0 Å². The second kappa shape index (κ2) is 6.13. The van der Waals surface area contributed by atoms with Crippen molar-refractivity contribution in [2.24, 2.45) is 0 Å². The highest BCUT2D eigenvalue weighted by atomic mass is 14.8. The number of hydrogen-bond donors (Lipinski definition) is 0. The Morgan fingerprint density at radius 2 is 1.00 bits per heavy atom. The van der Waals surface area contributed by atoms with E-state index >= 15 is 0 Å². The summed E-state index contributed by atoms with van der Waals surface area (Å²) in [7, 11) is 0. The Hall–Kier alpha value is -3.26. The normalized spacial score (nSPS) is 12.1. The maximum atomic E-state index is 5.24. The third kappa shape index (κ3) is 2.56. The molecule has 2 nitrogen and oxygen atoms in total. The SMILES string of the molecule is CC(C)(C)c1nc2c3ccccc3c3ccccc3c2nc1-c1ccccc1. The highest BCUT2D eigenvalue weighted by Gasteiger charge is 2.24. The molecule has 0 spiro atoms. The van der Waals surface area contributed by atoms with Gasteiger partial charge in [-0.15, -0.1) is 0 Å². The molecule has 5 aromatic rings. The van der Waals surface area contributed by atoms with Crippen LogP contribution in [0.5, 0.6) is 0 Å². The summed E-state index contributed by atoms with van der Waals surface area (Å²) in [4.78, 5) is 10.5. The molecule has 0 aliphatic rings. The van der Waals surface area contributed by atoms with Crippen LogP contribution in [0.1, 0.15) is 26.5 Å². The molecule has 136 valence electrons. The molecule has 0 bridgehead atoms. The van der Waals surface area contributed by atoms with Gasteiger partial charge in [0.15, 0.2) is 0 Å². The van der Waals surface area contributed by atoms with Crippen molar-refractivity contribution in [3.05, 3.63) is 84.6 Å². The highest BCUT2D eigenvalue weighted by molar-refractivity contribution is 6.23. The lowest BCUT2D eigenvalue weighted by atomic mass is 9.87. The van der Waals surface area contributed by atoms with E-state index in [9.17, 15) is 0 Å². The molecule has 28 heavy (non-hydrogen) atoms. The van der Waals surface area contributed by atoms with E-state index in [1.807, 2.05) is 6.07 Å². The fourth-order valence-electron chi connectivity index (χ4n) is 3.98. The molecule has 0 saturated carbocycles. The van der Waals surface area contributed by atoms with E-state index in [2.05, 4.69) is 93.6 Å². The summed E-state index contributed by atoms with van der Waals surface area (Å²) in [5, 5.41) is 4.77. The molecule has 0 atom stereocenters. The quantitative estimate of drug-likeness (QED) is 0.303. The molecule has 0 radical (unpaired) electrons. The molecule has 1 aromatic heterocycles. The Balaban J connectivity index is 2.03. The zero-order chi connectivity index (χ0) is 19.3. The zero-order valence-electron chi connectivity index (χ0n) is 16.4. The minimum atomic E-state index is -0.112. The van der Waals surface area contributed by atoms with Crippen LogP contribution in [-0.4, -0.2) is 9.97 Å². The van der Waals surface area contributed by atoms with Crippen LogP contribution in [0.15, 0.2) is 78.9 Å². The molecule has 0 amide bonds. The molecule has 5 rings (SSSR count). The Morgan fingerprint density at radius 1 is 0.536 bits per heavy atom. The van der Waals surface area contributed by atoms with Crippen LogP contribution in [0.25, 0.3) is 43.8 Å². The third-order valence-corrected chi connectivity index (χ3v) is 5.31. The topological polar surface area (TPSA) is 25.8 Å². The van der Waals surface area contributed by atoms with Crippen LogP contribution in [-0.2, 0) is 5.41 Å². The number of fused-ring (bicyclic) bond motifs is 6. The summed E-state index contributed by atoms with van der Waals surface area (Å²) < 4.78 is 0. The monoisotopic (exact) mass is 362 g/mol. The predicted octanol–water partition coefficient (Wildman–Crippen LogP) is 6.90. The van der Waals surface area contributed by atoms with E-state index in [0.717, 1.165) is 38.8 Å². The Labute approximate surface area is 164 Å². The molecular weight excluding hydrogens is 340 g/mol. The summed E-state index contributed by atoms with van der Waals surface area (Å²) in [5.74, 6) is 0. The molecule has 4 aromatic carbocycles. The van der Waals surface area contributed by atoms with Crippen LogP contribution in [0.2, 0.25) is 0 Å². The van der Waals surface area contributed by atoms with E-state index in [1.54, 1.807) is 0 Å². The van der Waals surface area contributed by atoms with Crippen molar-refractivity contribution in [3.63, 3.8) is 0 Å². The third-order valence-electron chi connectivity index (χ3n) is 5.31.